The Balaban J connectivity index is 1.86. The summed E-state index contributed by atoms with van der Waals surface area (Å²) in [6.07, 6.45) is 1.96. The minimum absolute atomic E-state index is 0.0662. The largest absolute Gasteiger partial charge is 0.490 e. The number of ether oxygens (including phenoxy) is 4. The van der Waals surface area contributed by atoms with Crippen LogP contribution in [0.3, 0.4) is 0 Å². The van der Waals surface area contributed by atoms with Gasteiger partial charge in [0.1, 0.15) is 24.1 Å². The molecule has 140 valence electrons. The molecule has 0 aromatic carbocycles. The van der Waals surface area contributed by atoms with Gasteiger partial charge in [-0.2, -0.15) is 0 Å². The molecule has 1 amide bonds. The lowest BCUT2D eigenvalue weighted by atomic mass is 10.2. The summed E-state index contributed by atoms with van der Waals surface area (Å²) in [6.45, 7) is 9.07. The maximum Gasteiger partial charge on any atom is 0.410 e. The Morgan fingerprint density at radius 2 is 2.08 bits per heavy atom. The zero-order valence-corrected chi connectivity index (χ0v) is 15.7. The van der Waals surface area contributed by atoms with E-state index in [0.717, 1.165) is 6.42 Å². The number of methoxy groups -OCH3 is 1. The fraction of sp³-hybridized carbons (Fsp3) is 0.667. The zero-order chi connectivity index (χ0) is 18.4. The van der Waals surface area contributed by atoms with Gasteiger partial charge in [0.25, 0.3) is 0 Å². The van der Waals surface area contributed by atoms with E-state index in [0.29, 0.717) is 31.4 Å². The molecule has 0 saturated carbocycles. The molecule has 1 aliphatic rings. The van der Waals surface area contributed by atoms with Crippen molar-refractivity contribution in [1.82, 2.24) is 9.88 Å². The third-order valence-corrected chi connectivity index (χ3v) is 3.72. The maximum atomic E-state index is 12.2. The molecule has 2 atom stereocenters. The number of amides is 1. The van der Waals surface area contributed by atoms with E-state index in [4.69, 9.17) is 18.9 Å². The molecule has 0 bridgehead atoms. The molecule has 0 N–H and O–H groups in total. The second-order valence-electron chi connectivity index (χ2n) is 7.13. The molecule has 0 radical (unpaired) electrons. The van der Waals surface area contributed by atoms with Crippen molar-refractivity contribution in [3.05, 3.63) is 18.3 Å². The molecule has 1 aromatic rings. The number of hydrogen-bond acceptors (Lipinski definition) is 6. The van der Waals surface area contributed by atoms with Crippen molar-refractivity contribution in [1.29, 1.82) is 0 Å². The monoisotopic (exact) mass is 352 g/mol. The van der Waals surface area contributed by atoms with E-state index in [-0.39, 0.29) is 18.2 Å². The second kappa shape index (κ2) is 8.38. The summed E-state index contributed by atoms with van der Waals surface area (Å²) in [7, 11) is 1.63. The quantitative estimate of drug-likeness (QED) is 0.733. The highest BCUT2D eigenvalue weighted by Crippen LogP contribution is 2.24. The first kappa shape index (κ1) is 19.3. The highest BCUT2D eigenvalue weighted by molar-refractivity contribution is 5.69. The molecular formula is C18H28N2O5. The molecule has 7 heteroatoms. The Morgan fingerprint density at radius 3 is 2.68 bits per heavy atom. The highest BCUT2D eigenvalue weighted by Gasteiger charge is 2.36. The first-order valence-electron chi connectivity index (χ1n) is 8.52. The molecule has 1 saturated heterocycles. The summed E-state index contributed by atoms with van der Waals surface area (Å²) in [4.78, 5) is 18.2. The van der Waals surface area contributed by atoms with Crippen molar-refractivity contribution in [3.63, 3.8) is 0 Å². The molecule has 7 nitrogen and oxygen atoms in total. The van der Waals surface area contributed by atoms with Gasteiger partial charge < -0.3 is 23.8 Å². The average molecular weight is 352 g/mol. The van der Waals surface area contributed by atoms with E-state index in [9.17, 15) is 4.79 Å². The van der Waals surface area contributed by atoms with Gasteiger partial charge >= 0.3 is 6.09 Å². The number of pyridine rings is 1. The number of likely N-dealkylation sites (tertiary alicyclic amines) is 1. The van der Waals surface area contributed by atoms with E-state index in [1.807, 2.05) is 33.8 Å². The third kappa shape index (κ3) is 6.08. The fourth-order valence-electron chi connectivity index (χ4n) is 2.58. The van der Waals surface area contributed by atoms with Crippen molar-refractivity contribution in [2.24, 2.45) is 0 Å². The lowest BCUT2D eigenvalue weighted by Crippen LogP contribution is -2.39. The number of nitrogens with zero attached hydrogens (tertiary/aromatic N) is 2. The Bertz CT molecular complexity index is 556. The SMILES string of the molecule is COCCOc1ccc(O[C@@H]2C[C@H](C)N(C(=O)OC(C)(C)C)C2)nc1. The van der Waals surface area contributed by atoms with Crippen LogP contribution < -0.4 is 9.47 Å². The summed E-state index contributed by atoms with van der Waals surface area (Å²) < 4.78 is 21.7. The van der Waals surface area contributed by atoms with E-state index in [2.05, 4.69) is 4.98 Å². The molecule has 1 aromatic heterocycles. The third-order valence-electron chi connectivity index (χ3n) is 3.72. The zero-order valence-electron chi connectivity index (χ0n) is 15.7. The van der Waals surface area contributed by atoms with Crippen LogP contribution in [0.5, 0.6) is 11.6 Å². The Labute approximate surface area is 149 Å². The minimum atomic E-state index is -0.504. The van der Waals surface area contributed by atoms with Gasteiger partial charge in [-0.3, -0.25) is 0 Å². The summed E-state index contributed by atoms with van der Waals surface area (Å²) in [6, 6.07) is 3.64. The first-order valence-corrected chi connectivity index (χ1v) is 8.52. The van der Waals surface area contributed by atoms with E-state index in [1.165, 1.54) is 0 Å². The van der Waals surface area contributed by atoms with Gasteiger partial charge in [0.15, 0.2) is 0 Å². The standard InChI is InChI=1S/C18H28N2O5/c1-13-10-15(12-20(13)17(21)25-18(2,3)4)24-16-7-6-14(11-19-16)23-9-8-22-5/h6-7,11,13,15H,8-10,12H2,1-5H3/t13-,15+/m0/s1. The number of hydrogen-bond donors (Lipinski definition) is 0. The van der Waals surface area contributed by atoms with Gasteiger partial charge in [-0.05, 0) is 33.8 Å². The predicted octanol–water partition coefficient (Wildman–Crippen LogP) is 2.88. The number of carbonyl (C=O) groups is 1. The lowest BCUT2D eigenvalue weighted by Gasteiger charge is -2.26. The van der Waals surface area contributed by atoms with Crippen LogP contribution in [0.15, 0.2) is 18.3 Å². The van der Waals surface area contributed by atoms with Crippen LogP contribution in [-0.4, -0.2) is 60.6 Å². The van der Waals surface area contributed by atoms with Crippen molar-refractivity contribution in [3.8, 4) is 11.6 Å². The fourth-order valence-corrected chi connectivity index (χ4v) is 2.58. The molecule has 1 fully saturated rings. The molecule has 0 unspecified atom stereocenters. The van der Waals surface area contributed by atoms with Crippen LogP contribution in [-0.2, 0) is 9.47 Å². The molecule has 1 aliphatic heterocycles. The van der Waals surface area contributed by atoms with Crippen LogP contribution in [0, 0.1) is 0 Å². The van der Waals surface area contributed by atoms with Gasteiger partial charge in [0.2, 0.25) is 5.88 Å². The Morgan fingerprint density at radius 1 is 1.32 bits per heavy atom. The van der Waals surface area contributed by atoms with Gasteiger partial charge in [0.05, 0.1) is 19.3 Å². The molecular weight excluding hydrogens is 324 g/mol. The predicted molar refractivity (Wildman–Crippen MR) is 93.0 cm³/mol. The van der Waals surface area contributed by atoms with E-state index in [1.54, 1.807) is 24.3 Å². The van der Waals surface area contributed by atoms with Crippen molar-refractivity contribution in [2.75, 3.05) is 26.9 Å². The highest BCUT2D eigenvalue weighted by atomic mass is 16.6. The smallest absolute Gasteiger partial charge is 0.410 e. The van der Waals surface area contributed by atoms with Crippen LogP contribution >= 0.6 is 0 Å². The van der Waals surface area contributed by atoms with Crippen molar-refractivity contribution in [2.45, 2.75) is 51.9 Å². The molecule has 0 spiro atoms. The number of carbonyl (C=O) groups excluding carboxylic acids is 1. The summed E-state index contributed by atoms with van der Waals surface area (Å²) in [5.74, 6) is 1.18. The van der Waals surface area contributed by atoms with Crippen molar-refractivity contribution < 1.29 is 23.7 Å². The summed E-state index contributed by atoms with van der Waals surface area (Å²) in [5, 5.41) is 0. The Hall–Kier alpha value is -2.02. The summed E-state index contributed by atoms with van der Waals surface area (Å²) >= 11 is 0. The topological polar surface area (TPSA) is 70.1 Å². The van der Waals surface area contributed by atoms with Crippen LogP contribution in [0.25, 0.3) is 0 Å². The number of aromatic nitrogens is 1. The van der Waals surface area contributed by atoms with Crippen molar-refractivity contribution >= 4 is 6.09 Å². The van der Waals surface area contributed by atoms with Crippen LogP contribution in [0.1, 0.15) is 34.1 Å². The van der Waals surface area contributed by atoms with Crippen LogP contribution in [0.4, 0.5) is 4.79 Å². The molecule has 25 heavy (non-hydrogen) atoms. The second-order valence-corrected chi connectivity index (χ2v) is 7.13. The lowest BCUT2D eigenvalue weighted by molar-refractivity contribution is 0.0223. The van der Waals surface area contributed by atoms with Gasteiger partial charge in [-0.25, -0.2) is 9.78 Å². The van der Waals surface area contributed by atoms with E-state index < -0.39 is 5.60 Å². The number of rotatable bonds is 6. The molecule has 2 rings (SSSR count). The Kier molecular flexibility index (Phi) is 6.47. The van der Waals surface area contributed by atoms with Crippen LogP contribution in [0.2, 0.25) is 0 Å². The summed E-state index contributed by atoms with van der Waals surface area (Å²) in [5.41, 5.74) is -0.504. The van der Waals surface area contributed by atoms with Gasteiger partial charge in [-0.1, -0.05) is 0 Å². The normalized spacial score (nSPS) is 20.4. The average Bonchev–Trinajstić information content (AvgIpc) is 2.88. The molecule has 0 aliphatic carbocycles. The van der Waals surface area contributed by atoms with Gasteiger partial charge in [-0.15, -0.1) is 0 Å². The molecule has 2 heterocycles. The van der Waals surface area contributed by atoms with Gasteiger partial charge in [0, 0.05) is 25.6 Å². The van der Waals surface area contributed by atoms with E-state index >= 15 is 0 Å². The maximum absolute atomic E-state index is 12.2. The minimum Gasteiger partial charge on any atom is -0.490 e. The first-order chi connectivity index (χ1) is 11.8.